The highest BCUT2D eigenvalue weighted by Gasteiger charge is 2.47. The smallest absolute Gasteiger partial charge is 0.305 e. The van der Waals surface area contributed by atoms with E-state index in [0.717, 1.165) is 29.8 Å². The minimum Gasteiger partial charge on any atom is -0.469 e. The molecule has 5 nitrogen and oxygen atoms in total. The monoisotopic (exact) mass is 386 g/mol. The largest absolute Gasteiger partial charge is 0.469 e. The van der Waals surface area contributed by atoms with Crippen LogP contribution in [-0.2, 0) is 20.7 Å². The van der Waals surface area contributed by atoms with E-state index in [1.807, 2.05) is 6.07 Å². The maximum absolute atomic E-state index is 11.8. The number of fused-ring (bicyclic) bond motifs is 2. The molecule has 0 aliphatic carbocycles. The number of ether oxygens (including phenoxy) is 2. The first-order valence-corrected chi connectivity index (χ1v) is 10.1. The number of thiocarbonyl (C=S) groups is 1. The Morgan fingerprint density at radius 2 is 2.22 bits per heavy atom. The van der Waals surface area contributed by atoms with Crippen molar-refractivity contribution in [1.29, 1.82) is 0 Å². The van der Waals surface area contributed by atoms with E-state index in [-0.39, 0.29) is 24.2 Å². The minimum absolute atomic E-state index is 0.0267. The number of hydrogen-bond acceptors (Lipinski definition) is 4. The van der Waals surface area contributed by atoms with Gasteiger partial charge in [0, 0.05) is 35.9 Å². The molecule has 1 N–H and O–H groups in total. The lowest BCUT2D eigenvalue weighted by molar-refractivity contribution is -0.143. The fourth-order valence-corrected chi connectivity index (χ4v) is 5.20. The second-order valence-electron chi connectivity index (χ2n) is 7.56. The summed E-state index contributed by atoms with van der Waals surface area (Å²) in [6.07, 6.45) is 5.11. The number of piperidine rings is 1. The second kappa shape index (κ2) is 7.60. The molecular weight excluding hydrogens is 360 g/mol. The number of esters is 1. The molecule has 144 valence electrons. The molecule has 4 atom stereocenters. The number of nitrogens with one attached hydrogen (secondary N) is 1. The van der Waals surface area contributed by atoms with Crippen LogP contribution in [0.1, 0.15) is 31.7 Å². The summed E-state index contributed by atoms with van der Waals surface area (Å²) in [6.45, 7) is 2.84. The Hall–Kier alpha value is -1.92. The van der Waals surface area contributed by atoms with Crippen LogP contribution in [0, 0.1) is 11.8 Å². The highest BCUT2D eigenvalue weighted by Crippen LogP contribution is 2.40. The first kappa shape index (κ1) is 18.4. The number of rotatable bonds is 5. The van der Waals surface area contributed by atoms with Crippen molar-refractivity contribution in [2.45, 2.75) is 44.9 Å². The van der Waals surface area contributed by atoms with Gasteiger partial charge in [0.25, 0.3) is 0 Å². The summed E-state index contributed by atoms with van der Waals surface area (Å²) in [5.41, 5.74) is 2.46. The molecule has 1 aromatic heterocycles. The van der Waals surface area contributed by atoms with E-state index in [1.54, 1.807) is 0 Å². The summed E-state index contributed by atoms with van der Waals surface area (Å²) in [5, 5.41) is 1.26. The van der Waals surface area contributed by atoms with E-state index < -0.39 is 0 Å². The van der Waals surface area contributed by atoms with Gasteiger partial charge in [-0.2, -0.15) is 0 Å². The summed E-state index contributed by atoms with van der Waals surface area (Å²) >= 11 is 5.76. The highest BCUT2D eigenvalue weighted by atomic mass is 32.1. The van der Waals surface area contributed by atoms with Crippen LogP contribution in [0.3, 0.4) is 0 Å². The lowest BCUT2D eigenvalue weighted by Crippen LogP contribution is -2.52. The first-order valence-electron chi connectivity index (χ1n) is 9.67. The van der Waals surface area contributed by atoms with Gasteiger partial charge in [0.2, 0.25) is 0 Å². The van der Waals surface area contributed by atoms with E-state index in [2.05, 4.69) is 41.2 Å². The number of carbonyl (C=O) groups excluding carboxylic acids is 1. The van der Waals surface area contributed by atoms with E-state index in [9.17, 15) is 4.79 Å². The van der Waals surface area contributed by atoms with Gasteiger partial charge in [-0.05, 0) is 30.4 Å². The van der Waals surface area contributed by atoms with Crippen molar-refractivity contribution in [3.63, 3.8) is 0 Å². The number of benzene rings is 1. The molecule has 2 aliphatic rings. The number of methoxy groups -OCH3 is 1. The molecule has 27 heavy (non-hydrogen) atoms. The molecule has 0 amide bonds. The average molecular weight is 387 g/mol. The Morgan fingerprint density at radius 3 is 3.00 bits per heavy atom. The quantitative estimate of drug-likeness (QED) is 0.628. The standard InChI is InChI=1S/C21H26N2O3S/c1-3-16-13(10-20(24)25-2)9-19(27)23-15(12-26-21(16)23)8-14-11-22-18-7-5-4-6-17(14)18/h4-7,11,13,15-16,21-22H,3,8-10,12H2,1-2H3/t13-,15+,16-,21+/m1/s1. The number of H-pyrrole nitrogens is 1. The third-order valence-electron chi connectivity index (χ3n) is 6.08. The second-order valence-corrected chi connectivity index (χ2v) is 8.03. The highest BCUT2D eigenvalue weighted by molar-refractivity contribution is 7.80. The minimum atomic E-state index is -0.164. The van der Waals surface area contributed by atoms with Crippen molar-refractivity contribution in [1.82, 2.24) is 9.88 Å². The SMILES string of the molecule is CC[C@@H]1[C@@H](CC(=O)OC)CC(=S)N2[C@@H](Cc3c[nH]c4ccccc34)CO[C@@H]12. The predicted molar refractivity (Wildman–Crippen MR) is 108 cm³/mol. The zero-order valence-corrected chi connectivity index (χ0v) is 16.6. The molecule has 2 aromatic rings. The maximum atomic E-state index is 11.8. The van der Waals surface area contributed by atoms with E-state index in [1.165, 1.54) is 18.1 Å². The van der Waals surface area contributed by atoms with Crippen LogP contribution >= 0.6 is 12.2 Å². The molecule has 0 radical (unpaired) electrons. The molecular formula is C21H26N2O3S. The van der Waals surface area contributed by atoms with Crippen molar-refractivity contribution >= 4 is 34.1 Å². The van der Waals surface area contributed by atoms with Gasteiger partial charge < -0.3 is 19.4 Å². The topological polar surface area (TPSA) is 54.6 Å². The lowest BCUT2D eigenvalue weighted by Gasteiger charge is -2.43. The Morgan fingerprint density at radius 1 is 1.41 bits per heavy atom. The van der Waals surface area contributed by atoms with Crippen LogP contribution < -0.4 is 0 Å². The zero-order valence-electron chi connectivity index (χ0n) is 15.8. The van der Waals surface area contributed by atoms with Gasteiger partial charge >= 0.3 is 5.97 Å². The van der Waals surface area contributed by atoms with Gasteiger partial charge in [0.1, 0.15) is 6.23 Å². The Kier molecular flexibility index (Phi) is 5.19. The normalized spacial score (nSPS) is 27.8. The lowest BCUT2D eigenvalue weighted by atomic mass is 9.80. The molecule has 2 aliphatic heterocycles. The van der Waals surface area contributed by atoms with Gasteiger partial charge in [-0.3, -0.25) is 4.79 Å². The number of aromatic nitrogens is 1. The first-order chi connectivity index (χ1) is 13.1. The van der Waals surface area contributed by atoms with E-state index >= 15 is 0 Å². The van der Waals surface area contributed by atoms with Gasteiger partial charge in [-0.1, -0.05) is 37.3 Å². The predicted octanol–water partition coefficient (Wildman–Crippen LogP) is 3.67. The van der Waals surface area contributed by atoms with Crippen LogP contribution in [-0.4, -0.2) is 46.8 Å². The maximum Gasteiger partial charge on any atom is 0.305 e. The Balaban J connectivity index is 1.54. The van der Waals surface area contributed by atoms with Crippen LogP contribution in [0.15, 0.2) is 30.5 Å². The third kappa shape index (κ3) is 3.36. The van der Waals surface area contributed by atoms with Crippen LogP contribution in [0.5, 0.6) is 0 Å². The van der Waals surface area contributed by atoms with Crippen molar-refractivity contribution in [2.24, 2.45) is 11.8 Å². The molecule has 0 bridgehead atoms. The molecule has 1 aromatic carbocycles. The number of aromatic amines is 1. The molecule has 0 spiro atoms. The van der Waals surface area contributed by atoms with E-state index in [4.69, 9.17) is 21.7 Å². The Bertz CT molecular complexity index is 849. The van der Waals surface area contributed by atoms with Gasteiger partial charge in [0.05, 0.1) is 24.7 Å². The molecule has 3 heterocycles. The molecule has 6 heteroatoms. The number of nitrogens with zero attached hydrogens (tertiary/aromatic N) is 1. The van der Waals surface area contributed by atoms with Gasteiger partial charge in [-0.15, -0.1) is 0 Å². The van der Waals surface area contributed by atoms with Crippen LogP contribution in [0.4, 0.5) is 0 Å². The molecule has 0 unspecified atom stereocenters. The van der Waals surface area contributed by atoms with Crippen LogP contribution in [0.2, 0.25) is 0 Å². The van der Waals surface area contributed by atoms with Crippen LogP contribution in [0.25, 0.3) is 10.9 Å². The van der Waals surface area contributed by atoms with Crippen molar-refractivity contribution < 1.29 is 14.3 Å². The number of carbonyl (C=O) groups is 1. The summed E-state index contributed by atoms with van der Waals surface area (Å²) in [6, 6.07) is 8.62. The molecule has 2 fully saturated rings. The summed E-state index contributed by atoms with van der Waals surface area (Å²) < 4.78 is 11.1. The number of hydrogen-bond donors (Lipinski definition) is 1. The summed E-state index contributed by atoms with van der Waals surface area (Å²) in [5.74, 6) is 0.329. The zero-order chi connectivity index (χ0) is 19.0. The van der Waals surface area contributed by atoms with E-state index in [0.29, 0.717) is 18.9 Å². The van der Waals surface area contributed by atoms with Gasteiger partial charge in [-0.25, -0.2) is 0 Å². The summed E-state index contributed by atoms with van der Waals surface area (Å²) in [4.78, 5) is 18.4. The van der Waals surface area contributed by atoms with Crippen molar-refractivity contribution in [3.8, 4) is 0 Å². The summed E-state index contributed by atoms with van der Waals surface area (Å²) in [7, 11) is 1.44. The van der Waals surface area contributed by atoms with Crippen molar-refractivity contribution in [2.75, 3.05) is 13.7 Å². The average Bonchev–Trinajstić information content (AvgIpc) is 3.27. The Labute approximate surface area is 165 Å². The number of para-hydroxylation sites is 1. The molecule has 0 saturated carbocycles. The third-order valence-corrected chi connectivity index (χ3v) is 6.46. The molecule has 4 rings (SSSR count). The van der Waals surface area contributed by atoms with Gasteiger partial charge in [0.15, 0.2) is 0 Å². The fourth-order valence-electron chi connectivity index (χ4n) is 4.73. The molecule has 2 saturated heterocycles. The van der Waals surface area contributed by atoms with Crippen molar-refractivity contribution in [3.05, 3.63) is 36.0 Å². The fraction of sp³-hybridized carbons (Fsp3) is 0.524.